The van der Waals surface area contributed by atoms with Crippen LogP contribution in [-0.4, -0.2) is 0 Å². The number of nitrogens with zero attached hydrogens (tertiary/aromatic N) is 3. The first kappa shape index (κ1) is 39.1. The van der Waals surface area contributed by atoms with Crippen LogP contribution in [0.15, 0.2) is 148 Å². The lowest BCUT2D eigenvalue weighted by Gasteiger charge is -2.27. The molecule has 0 atom stereocenters. The predicted molar refractivity (Wildman–Crippen MR) is 270 cm³/mol. The molecular weight excluding hydrogens is 783 g/mol. The molecule has 2 heterocycles. The molecule has 5 nitrogen and oxygen atoms in total. The smallest absolute Gasteiger partial charge is 0.233 e. The van der Waals surface area contributed by atoms with Crippen molar-refractivity contribution in [2.45, 2.75) is 55.4 Å². The summed E-state index contributed by atoms with van der Waals surface area (Å²) in [5.41, 5.74) is 19.5. The van der Waals surface area contributed by atoms with Crippen LogP contribution >= 0.6 is 0 Å². The van der Waals surface area contributed by atoms with Gasteiger partial charge in [-0.05, 0) is 225 Å². The highest BCUT2D eigenvalue weighted by molar-refractivity contribution is 6.30. The molecule has 0 spiro atoms. The molecule has 9 aromatic carbocycles. The van der Waals surface area contributed by atoms with Gasteiger partial charge in [0.2, 0.25) is 5.69 Å². The molecule has 2 aromatic heterocycles. The van der Waals surface area contributed by atoms with Crippen molar-refractivity contribution < 1.29 is 8.83 Å². The number of hydrogen-bond donors (Lipinski definition) is 0. The highest BCUT2D eigenvalue weighted by atomic mass is 16.3. The van der Waals surface area contributed by atoms with Gasteiger partial charge in [-0.1, -0.05) is 36.4 Å². The maximum absolute atomic E-state index is 8.24. The Morgan fingerprint density at radius 3 is 1.11 bits per heavy atom. The van der Waals surface area contributed by atoms with E-state index in [9.17, 15) is 0 Å². The van der Waals surface area contributed by atoms with Gasteiger partial charge >= 0.3 is 0 Å². The van der Waals surface area contributed by atoms with Crippen molar-refractivity contribution in [1.29, 1.82) is 0 Å². The fraction of sp³-hybridized carbons (Fsp3) is 0.136. The van der Waals surface area contributed by atoms with E-state index in [0.29, 0.717) is 16.9 Å². The van der Waals surface area contributed by atoms with E-state index in [2.05, 4.69) is 203 Å². The molecule has 0 radical (unpaired) electrons. The van der Waals surface area contributed by atoms with E-state index in [-0.39, 0.29) is 0 Å². The molecule has 5 heteroatoms. The molecule has 0 fully saturated rings. The van der Waals surface area contributed by atoms with E-state index in [1.807, 2.05) is 6.07 Å². The van der Waals surface area contributed by atoms with Crippen LogP contribution in [0.1, 0.15) is 44.5 Å². The molecule has 0 aliphatic rings. The standard InChI is InChI=1S/C59H47N3O2/c1-33-14-34(2)19-47(18-33)61(48-20-35(3)15-36(4)21-48)45-12-10-41-28-51-54(30-43(41)26-45)63-56-32-53(60-9)59-58(57(51)56)52-29-42-11-13-46(27-44(42)31-55(52)64-59)62(49-22-37(5)16-38(6)23-49)50-24-39(7)17-40(8)25-50/h10-32H,1-8H3. The van der Waals surface area contributed by atoms with Gasteiger partial charge in [-0.3, -0.25) is 0 Å². The number of aryl methyl sites for hydroxylation is 8. The van der Waals surface area contributed by atoms with Crippen LogP contribution in [0.3, 0.4) is 0 Å². The number of fused-ring (bicyclic) bond motifs is 9. The molecule has 11 aromatic rings. The van der Waals surface area contributed by atoms with Crippen LogP contribution < -0.4 is 9.80 Å². The summed E-state index contributed by atoms with van der Waals surface area (Å²) < 4.78 is 13.4. The molecule has 0 unspecified atom stereocenters. The monoisotopic (exact) mass is 829 g/mol. The summed E-state index contributed by atoms with van der Waals surface area (Å²) in [6, 6.07) is 50.8. The summed E-state index contributed by atoms with van der Waals surface area (Å²) in [5.74, 6) is 0. The highest BCUT2D eigenvalue weighted by Gasteiger charge is 2.23. The Balaban J connectivity index is 1.08. The van der Waals surface area contributed by atoms with Crippen molar-refractivity contribution in [1.82, 2.24) is 0 Å². The molecule has 0 bridgehead atoms. The topological polar surface area (TPSA) is 37.1 Å². The van der Waals surface area contributed by atoms with Crippen molar-refractivity contribution in [3.8, 4) is 0 Å². The Labute approximate surface area is 373 Å². The van der Waals surface area contributed by atoms with Gasteiger partial charge in [-0.25, -0.2) is 4.85 Å². The van der Waals surface area contributed by atoms with Crippen molar-refractivity contribution in [2.24, 2.45) is 0 Å². The lowest BCUT2D eigenvalue weighted by atomic mass is 9.99. The molecule has 0 aliphatic heterocycles. The quantitative estimate of drug-likeness (QED) is 0.156. The van der Waals surface area contributed by atoms with Crippen LogP contribution in [-0.2, 0) is 0 Å². The second-order valence-corrected chi connectivity index (χ2v) is 18.1. The summed E-state index contributed by atoms with van der Waals surface area (Å²) in [6.45, 7) is 25.5. The summed E-state index contributed by atoms with van der Waals surface area (Å²) >= 11 is 0. The van der Waals surface area contributed by atoms with Gasteiger partial charge in [0.05, 0.1) is 6.57 Å². The highest BCUT2D eigenvalue weighted by Crippen LogP contribution is 2.47. The molecule has 0 amide bonds. The number of furan rings is 2. The minimum Gasteiger partial charge on any atom is -0.467 e. The molecule has 0 aliphatic carbocycles. The molecule has 64 heavy (non-hydrogen) atoms. The summed E-state index contributed by atoms with van der Waals surface area (Å²) in [7, 11) is 0. The summed E-state index contributed by atoms with van der Waals surface area (Å²) in [6.07, 6.45) is 0. The van der Waals surface area contributed by atoms with Gasteiger partial charge in [-0.15, -0.1) is 0 Å². The van der Waals surface area contributed by atoms with Crippen molar-refractivity contribution >= 4 is 105 Å². The van der Waals surface area contributed by atoms with Gasteiger partial charge in [-0.2, -0.15) is 0 Å². The zero-order valence-electron chi connectivity index (χ0n) is 37.4. The van der Waals surface area contributed by atoms with E-state index in [0.717, 1.165) is 88.4 Å². The zero-order valence-corrected chi connectivity index (χ0v) is 37.4. The first-order valence-electron chi connectivity index (χ1n) is 21.9. The van der Waals surface area contributed by atoms with Gasteiger partial charge in [0, 0.05) is 55.7 Å². The van der Waals surface area contributed by atoms with E-state index in [1.165, 1.54) is 44.5 Å². The lowest BCUT2D eigenvalue weighted by molar-refractivity contribution is 0.665. The molecule has 11 rings (SSSR count). The average molecular weight is 830 g/mol. The van der Waals surface area contributed by atoms with Gasteiger partial charge < -0.3 is 18.6 Å². The van der Waals surface area contributed by atoms with Crippen molar-refractivity contribution in [3.05, 3.63) is 195 Å². The fourth-order valence-corrected chi connectivity index (χ4v) is 10.2. The Kier molecular flexibility index (Phi) is 8.94. The Hall–Kier alpha value is -7.81. The third-order valence-electron chi connectivity index (χ3n) is 12.5. The second kappa shape index (κ2) is 14.6. The number of benzene rings is 9. The van der Waals surface area contributed by atoms with Crippen molar-refractivity contribution in [3.63, 3.8) is 0 Å². The van der Waals surface area contributed by atoms with E-state index >= 15 is 0 Å². The third-order valence-corrected chi connectivity index (χ3v) is 12.5. The first-order chi connectivity index (χ1) is 30.8. The minimum atomic E-state index is 0.433. The number of hydrogen-bond acceptors (Lipinski definition) is 4. The Morgan fingerprint density at radius 1 is 0.344 bits per heavy atom. The lowest BCUT2D eigenvalue weighted by Crippen LogP contribution is -2.11. The molecule has 310 valence electrons. The van der Waals surface area contributed by atoms with Crippen LogP contribution in [0, 0.1) is 62.0 Å². The SMILES string of the molecule is [C-]#[N+]c1cc2oc3cc4cc(N(c5cc(C)cc(C)c5)c5cc(C)cc(C)c5)ccc4cc3c2c2c1oc1cc3cc(N(c4cc(C)cc(C)c4)c4cc(C)cc(C)c4)ccc3cc12. The Morgan fingerprint density at radius 2 is 0.719 bits per heavy atom. The van der Waals surface area contributed by atoms with E-state index in [4.69, 9.17) is 15.4 Å². The van der Waals surface area contributed by atoms with Crippen LogP contribution in [0.4, 0.5) is 39.8 Å². The molecule has 0 saturated heterocycles. The molecule has 0 N–H and O–H groups in total. The maximum atomic E-state index is 8.24. The largest absolute Gasteiger partial charge is 0.467 e. The zero-order chi connectivity index (χ0) is 44.1. The van der Waals surface area contributed by atoms with Gasteiger partial charge in [0.25, 0.3) is 0 Å². The average Bonchev–Trinajstić information content (AvgIpc) is 3.77. The summed E-state index contributed by atoms with van der Waals surface area (Å²) in [5, 5.41) is 8.13. The Bertz CT molecular complexity index is 3620. The number of anilines is 6. The first-order valence-corrected chi connectivity index (χ1v) is 21.9. The second-order valence-electron chi connectivity index (χ2n) is 18.1. The van der Waals surface area contributed by atoms with Crippen LogP contribution in [0.2, 0.25) is 0 Å². The predicted octanol–water partition coefficient (Wildman–Crippen LogP) is 17.7. The summed E-state index contributed by atoms with van der Waals surface area (Å²) in [4.78, 5) is 8.67. The van der Waals surface area contributed by atoms with Crippen LogP contribution in [0.5, 0.6) is 0 Å². The normalized spacial score (nSPS) is 11.7. The molecule has 0 saturated carbocycles. The van der Waals surface area contributed by atoms with Crippen LogP contribution in [0.25, 0.3) is 70.3 Å². The third kappa shape index (κ3) is 6.62. The van der Waals surface area contributed by atoms with Gasteiger partial charge in [0.15, 0.2) is 0 Å². The van der Waals surface area contributed by atoms with Gasteiger partial charge in [0.1, 0.15) is 22.3 Å². The van der Waals surface area contributed by atoms with E-state index in [1.54, 1.807) is 0 Å². The van der Waals surface area contributed by atoms with E-state index < -0.39 is 0 Å². The maximum Gasteiger partial charge on any atom is 0.233 e. The number of rotatable bonds is 6. The van der Waals surface area contributed by atoms with Crippen molar-refractivity contribution in [2.75, 3.05) is 9.80 Å². The minimum absolute atomic E-state index is 0.433. The molecular formula is C59H47N3O2. The fourth-order valence-electron chi connectivity index (χ4n) is 10.2.